The van der Waals surface area contributed by atoms with Crippen molar-refractivity contribution in [2.75, 3.05) is 11.8 Å². The Balaban J connectivity index is 1.94. The number of aromatic nitrogens is 1. The second-order valence-electron chi connectivity index (χ2n) is 5.65. The van der Waals surface area contributed by atoms with Gasteiger partial charge in [-0.2, -0.15) is 8.42 Å². The van der Waals surface area contributed by atoms with Gasteiger partial charge in [0, 0.05) is 5.56 Å². The van der Waals surface area contributed by atoms with Gasteiger partial charge in [0.2, 0.25) is 10.9 Å². The number of nitrogens with one attached hydrogen (secondary N) is 1. The summed E-state index contributed by atoms with van der Waals surface area (Å²) in [5.74, 6) is 1.13. The van der Waals surface area contributed by atoms with Crippen molar-refractivity contribution in [2.24, 2.45) is 0 Å². The molecule has 0 radical (unpaired) electrons. The maximum absolute atomic E-state index is 12.6. The lowest BCUT2D eigenvalue weighted by atomic mass is 10.2. The lowest BCUT2D eigenvalue weighted by Crippen LogP contribution is -2.13. The number of hydrogen-bond acceptors (Lipinski definition) is 6. The molecule has 0 atom stereocenters. The molecule has 0 unspecified atom stereocenters. The van der Waals surface area contributed by atoms with Crippen molar-refractivity contribution >= 4 is 15.7 Å². The number of methoxy groups -OCH3 is 1. The van der Waals surface area contributed by atoms with E-state index < -0.39 is 10.0 Å². The predicted molar refractivity (Wildman–Crippen MR) is 92.2 cm³/mol. The van der Waals surface area contributed by atoms with E-state index in [4.69, 9.17) is 13.7 Å². The van der Waals surface area contributed by atoms with Crippen molar-refractivity contribution < 1.29 is 22.1 Å². The van der Waals surface area contributed by atoms with Gasteiger partial charge in [0.1, 0.15) is 5.75 Å². The van der Waals surface area contributed by atoms with Crippen LogP contribution in [-0.2, 0) is 10.0 Å². The van der Waals surface area contributed by atoms with Gasteiger partial charge < -0.3 is 13.7 Å². The third-order valence-electron chi connectivity index (χ3n) is 3.83. The summed E-state index contributed by atoms with van der Waals surface area (Å²) in [6, 6.07) is 8.12. The summed E-state index contributed by atoms with van der Waals surface area (Å²) in [5, 5.41) is 3.62. The second kappa shape index (κ2) is 6.29. The van der Waals surface area contributed by atoms with Crippen molar-refractivity contribution in [3.05, 3.63) is 47.2 Å². The zero-order chi connectivity index (χ0) is 18.2. The fourth-order valence-corrected chi connectivity index (χ4v) is 3.32. The molecule has 0 fully saturated rings. The third-order valence-corrected chi connectivity index (χ3v) is 5.06. The SMILES string of the molecule is COc1ccc(C)cc1NS(=O)(=O)c1ccc(-c2onc(C)c2C)o1. The Morgan fingerprint density at radius 1 is 1.12 bits per heavy atom. The molecule has 0 spiro atoms. The molecule has 0 aliphatic rings. The highest BCUT2D eigenvalue weighted by molar-refractivity contribution is 7.92. The van der Waals surface area contributed by atoms with Crippen LogP contribution in [0.3, 0.4) is 0 Å². The van der Waals surface area contributed by atoms with E-state index in [1.807, 2.05) is 19.9 Å². The molecular weight excluding hydrogens is 344 g/mol. The number of furan rings is 1. The van der Waals surface area contributed by atoms with E-state index >= 15 is 0 Å². The molecule has 7 nitrogen and oxygen atoms in total. The lowest BCUT2D eigenvalue weighted by Gasteiger charge is -2.11. The minimum atomic E-state index is -3.91. The smallest absolute Gasteiger partial charge is 0.295 e. The predicted octanol–water partition coefficient (Wildman–Crippen LogP) is 3.67. The van der Waals surface area contributed by atoms with Crippen LogP contribution >= 0.6 is 0 Å². The monoisotopic (exact) mass is 362 g/mol. The maximum atomic E-state index is 12.6. The van der Waals surface area contributed by atoms with Gasteiger partial charge in [-0.15, -0.1) is 0 Å². The number of ether oxygens (including phenoxy) is 1. The number of rotatable bonds is 5. The van der Waals surface area contributed by atoms with Crippen LogP contribution in [0.2, 0.25) is 0 Å². The summed E-state index contributed by atoms with van der Waals surface area (Å²) in [6.45, 7) is 5.49. The number of nitrogens with zero attached hydrogens (tertiary/aromatic N) is 1. The zero-order valence-electron chi connectivity index (χ0n) is 14.3. The maximum Gasteiger partial charge on any atom is 0.295 e. The number of aryl methyl sites for hydroxylation is 2. The molecule has 3 aromatic rings. The van der Waals surface area contributed by atoms with Crippen LogP contribution < -0.4 is 9.46 Å². The molecule has 1 aromatic carbocycles. The minimum Gasteiger partial charge on any atom is -0.495 e. The molecule has 0 aliphatic heterocycles. The summed E-state index contributed by atoms with van der Waals surface area (Å²) < 4.78 is 43.6. The van der Waals surface area contributed by atoms with Gasteiger partial charge in [-0.25, -0.2) is 0 Å². The fraction of sp³-hybridized carbons (Fsp3) is 0.235. The Bertz CT molecular complexity index is 1020. The quantitative estimate of drug-likeness (QED) is 0.744. The van der Waals surface area contributed by atoms with Gasteiger partial charge in [-0.3, -0.25) is 4.72 Å². The second-order valence-corrected chi connectivity index (χ2v) is 7.26. The standard InChI is InChI=1S/C17H18N2O5S/c1-10-5-6-14(22-4)13(9-10)19-25(20,21)16-8-7-15(23-16)17-11(2)12(3)18-24-17/h5-9,19H,1-4H3. The van der Waals surface area contributed by atoms with Crippen LogP contribution in [0.25, 0.3) is 11.5 Å². The highest BCUT2D eigenvalue weighted by atomic mass is 32.2. The molecule has 25 heavy (non-hydrogen) atoms. The molecule has 132 valence electrons. The first-order valence-electron chi connectivity index (χ1n) is 7.52. The van der Waals surface area contributed by atoms with Crippen LogP contribution in [-0.4, -0.2) is 20.7 Å². The fourth-order valence-electron chi connectivity index (χ4n) is 2.33. The minimum absolute atomic E-state index is 0.223. The lowest BCUT2D eigenvalue weighted by molar-refractivity contribution is 0.398. The highest BCUT2D eigenvalue weighted by Crippen LogP contribution is 2.31. The highest BCUT2D eigenvalue weighted by Gasteiger charge is 2.23. The molecule has 0 bridgehead atoms. The van der Waals surface area contributed by atoms with E-state index in [2.05, 4.69) is 9.88 Å². The molecule has 3 rings (SSSR count). The van der Waals surface area contributed by atoms with Crippen molar-refractivity contribution in [1.82, 2.24) is 5.16 Å². The summed E-state index contributed by atoms with van der Waals surface area (Å²) in [6.07, 6.45) is 0. The van der Waals surface area contributed by atoms with Crippen molar-refractivity contribution in [3.63, 3.8) is 0 Å². The molecular formula is C17H18N2O5S. The van der Waals surface area contributed by atoms with E-state index in [-0.39, 0.29) is 5.09 Å². The van der Waals surface area contributed by atoms with Gasteiger partial charge in [0.25, 0.3) is 10.0 Å². The molecule has 1 N–H and O–H groups in total. The first-order chi connectivity index (χ1) is 11.8. The molecule has 0 aliphatic carbocycles. The van der Waals surface area contributed by atoms with E-state index in [0.29, 0.717) is 23.0 Å². The Labute approximate surface area is 145 Å². The summed E-state index contributed by atoms with van der Waals surface area (Å²) in [5.41, 5.74) is 2.75. The first-order valence-corrected chi connectivity index (χ1v) is 9.00. The molecule has 8 heteroatoms. The zero-order valence-corrected chi connectivity index (χ0v) is 15.1. The largest absolute Gasteiger partial charge is 0.495 e. The number of sulfonamides is 1. The molecule has 0 saturated carbocycles. The molecule has 2 aromatic heterocycles. The van der Waals surface area contributed by atoms with Crippen LogP contribution in [0.1, 0.15) is 16.8 Å². The normalized spacial score (nSPS) is 11.5. The number of benzene rings is 1. The topological polar surface area (TPSA) is 94.6 Å². The van der Waals surface area contributed by atoms with Gasteiger partial charge >= 0.3 is 0 Å². The average molecular weight is 362 g/mol. The van der Waals surface area contributed by atoms with Crippen molar-refractivity contribution in [1.29, 1.82) is 0 Å². The van der Waals surface area contributed by atoms with Gasteiger partial charge in [0.05, 0.1) is 18.5 Å². The first kappa shape index (κ1) is 17.1. The van der Waals surface area contributed by atoms with Crippen LogP contribution in [0.5, 0.6) is 5.75 Å². The molecule has 2 heterocycles. The van der Waals surface area contributed by atoms with Crippen LogP contribution in [0.4, 0.5) is 5.69 Å². The molecule has 0 amide bonds. The van der Waals surface area contributed by atoms with E-state index in [9.17, 15) is 8.42 Å². The Kier molecular flexibility index (Phi) is 4.30. The van der Waals surface area contributed by atoms with Crippen LogP contribution in [0.15, 0.2) is 44.4 Å². The number of anilines is 1. The Hall–Kier alpha value is -2.74. The summed E-state index contributed by atoms with van der Waals surface area (Å²) in [4.78, 5) is 0. The summed E-state index contributed by atoms with van der Waals surface area (Å²) in [7, 11) is -2.44. The Morgan fingerprint density at radius 2 is 1.88 bits per heavy atom. The summed E-state index contributed by atoms with van der Waals surface area (Å²) >= 11 is 0. The average Bonchev–Trinajstić information content (AvgIpc) is 3.16. The van der Waals surface area contributed by atoms with Crippen LogP contribution in [0, 0.1) is 20.8 Å². The van der Waals surface area contributed by atoms with Crippen molar-refractivity contribution in [3.8, 4) is 17.3 Å². The third kappa shape index (κ3) is 3.25. The van der Waals surface area contributed by atoms with Crippen molar-refractivity contribution in [2.45, 2.75) is 25.9 Å². The van der Waals surface area contributed by atoms with Gasteiger partial charge in [0.15, 0.2) is 5.76 Å². The Morgan fingerprint density at radius 3 is 2.52 bits per heavy atom. The molecule has 0 saturated heterocycles. The van der Waals surface area contributed by atoms with Gasteiger partial charge in [-0.1, -0.05) is 11.2 Å². The van der Waals surface area contributed by atoms with E-state index in [0.717, 1.165) is 16.8 Å². The van der Waals surface area contributed by atoms with Gasteiger partial charge in [-0.05, 0) is 50.6 Å². The van der Waals surface area contributed by atoms with E-state index in [1.165, 1.54) is 19.2 Å². The van der Waals surface area contributed by atoms with E-state index in [1.54, 1.807) is 19.1 Å². The number of hydrogen-bond donors (Lipinski definition) is 1.